The van der Waals surface area contributed by atoms with Crippen LogP contribution in [0.15, 0.2) is 0 Å². The number of rotatable bonds is 1. The minimum absolute atomic E-state index is 0.160. The van der Waals surface area contributed by atoms with E-state index >= 15 is 0 Å². The normalized spacial score (nSPS) is 27.1. The summed E-state index contributed by atoms with van der Waals surface area (Å²) in [6.07, 6.45) is 0.169. The Kier molecular flexibility index (Phi) is 3.02. The molecule has 0 spiro atoms. The third kappa shape index (κ3) is 2.67. The first-order chi connectivity index (χ1) is 6.76. The van der Waals surface area contributed by atoms with Gasteiger partial charge in [-0.15, -0.1) is 0 Å². The number of carbonyl (C=O) groups excluding carboxylic acids is 2. The first kappa shape index (κ1) is 11.9. The van der Waals surface area contributed by atoms with Crippen LogP contribution >= 0.6 is 0 Å². The fraction of sp³-hybridized carbons (Fsp3) is 0.800. The lowest BCUT2D eigenvalue weighted by atomic mass is 9.97. The van der Waals surface area contributed by atoms with Gasteiger partial charge in [0.05, 0.1) is 6.61 Å². The number of hydrogen-bond acceptors (Lipinski definition) is 4. The molecule has 1 unspecified atom stereocenters. The van der Waals surface area contributed by atoms with Gasteiger partial charge in [-0.25, -0.2) is 14.0 Å². The summed E-state index contributed by atoms with van der Waals surface area (Å²) in [4.78, 5) is 22.6. The first-order valence-electron chi connectivity index (χ1n) is 4.85. The summed E-state index contributed by atoms with van der Waals surface area (Å²) in [6, 6.07) is 0. The lowest BCUT2D eigenvalue weighted by Crippen LogP contribution is -2.49. The van der Waals surface area contributed by atoms with Crippen LogP contribution in [0.4, 0.5) is 4.39 Å². The molecule has 1 heterocycles. The molecule has 4 nitrogen and oxygen atoms in total. The molecule has 0 amide bonds. The van der Waals surface area contributed by atoms with Crippen molar-refractivity contribution in [2.45, 2.75) is 44.9 Å². The Hall–Kier alpha value is -1.13. The van der Waals surface area contributed by atoms with E-state index in [1.165, 1.54) is 0 Å². The number of hydrogen-bond donors (Lipinski definition) is 0. The molecule has 0 aromatic carbocycles. The molecule has 0 bridgehead atoms. The summed E-state index contributed by atoms with van der Waals surface area (Å²) >= 11 is 0. The Morgan fingerprint density at radius 1 is 1.53 bits per heavy atom. The summed E-state index contributed by atoms with van der Waals surface area (Å²) in [5.41, 5.74) is -3.43. The van der Waals surface area contributed by atoms with Gasteiger partial charge < -0.3 is 9.47 Å². The van der Waals surface area contributed by atoms with Gasteiger partial charge >= 0.3 is 17.6 Å². The summed E-state index contributed by atoms with van der Waals surface area (Å²) in [5.74, 6) is -2.29. The Morgan fingerprint density at radius 3 is 2.60 bits per heavy atom. The molecule has 0 aromatic heterocycles. The molecule has 1 atom stereocenters. The summed E-state index contributed by atoms with van der Waals surface area (Å²) in [6.45, 7) is 5.00. The monoisotopic (exact) mass is 218 g/mol. The maximum absolute atomic E-state index is 13.9. The van der Waals surface area contributed by atoms with Gasteiger partial charge in [-0.1, -0.05) is 0 Å². The minimum atomic E-state index is -2.62. The Bertz CT molecular complexity index is 282. The Balaban J connectivity index is 2.76. The highest BCUT2D eigenvalue weighted by Crippen LogP contribution is 2.28. The molecular formula is C10H15FO4. The van der Waals surface area contributed by atoms with E-state index in [1.807, 2.05) is 0 Å². The van der Waals surface area contributed by atoms with E-state index in [-0.39, 0.29) is 13.0 Å². The van der Waals surface area contributed by atoms with Crippen LogP contribution < -0.4 is 0 Å². The van der Waals surface area contributed by atoms with Crippen LogP contribution in [0.3, 0.4) is 0 Å². The van der Waals surface area contributed by atoms with Gasteiger partial charge in [0.2, 0.25) is 0 Å². The zero-order valence-electron chi connectivity index (χ0n) is 9.13. The lowest BCUT2D eigenvalue weighted by molar-refractivity contribution is -0.186. The number of esters is 2. The fourth-order valence-corrected chi connectivity index (χ4v) is 1.24. The van der Waals surface area contributed by atoms with E-state index in [9.17, 15) is 14.0 Å². The van der Waals surface area contributed by atoms with Crippen molar-refractivity contribution < 1.29 is 23.5 Å². The number of carbonyl (C=O) groups is 2. The van der Waals surface area contributed by atoms with Crippen molar-refractivity contribution in [3.05, 3.63) is 0 Å². The average Bonchev–Trinajstić information content (AvgIpc) is 2.07. The topological polar surface area (TPSA) is 52.6 Å². The molecule has 0 aliphatic carbocycles. The van der Waals surface area contributed by atoms with Crippen LogP contribution in [-0.2, 0) is 19.1 Å². The molecule has 1 aliphatic rings. The third-order valence-corrected chi connectivity index (χ3v) is 1.94. The van der Waals surface area contributed by atoms with Crippen molar-refractivity contribution in [3.8, 4) is 0 Å². The maximum atomic E-state index is 13.9. The number of ether oxygens (including phenoxy) is 2. The van der Waals surface area contributed by atoms with Gasteiger partial charge in [0.25, 0.3) is 0 Å². The van der Waals surface area contributed by atoms with E-state index in [0.717, 1.165) is 0 Å². The zero-order valence-corrected chi connectivity index (χ0v) is 9.13. The molecular weight excluding hydrogens is 203 g/mol. The Labute approximate surface area is 87.7 Å². The molecule has 1 saturated heterocycles. The maximum Gasteiger partial charge on any atom is 0.356 e. The number of alkyl halides is 1. The molecule has 5 heteroatoms. The molecule has 1 aliphatic heterocycles. The molecule has 0 aromatic rings. The predicted octanol–water partition coefficient (Wildman–Crippen LogP) is 1.37. The van der Waals surface area contributed by atoms with E-state index in [1.54, 1.807) is 20.8 Å². The van der Waals surface area contributed by atoms with Crippen LogP contribution in [0.2, 0.25) is 0 Å². The van der Waals surface area contributed by atoms with Crippen molar-refractivity contribution in [3.63, 3.8) is 0 Å². The molecule has 1 rings (SSSR count). The molecule has 0 saturated carbocycles. The smallest absolute Gasteiger partial charge is 0.356 e. The van der Waals surface area contributed by atoms with Gasteiger partial charge in [-0.2, -0.15) is 0 Å². The largest absolute Gasteiger partial charge is 0.463 e. The zero-order chi connectivity index (χ0) is 11.7. The number of cyclic esters (lactones) is 1. The van der Waals surface area contributed by atoms with Gasteiger partial charge in [-0.05, 0) is 27.2 Å². The van der Waals surface area contributed by atoms with Crippen LogP contribution in [-0.4, -0.2) is 29.8 Å². The highest BCUT2D eigenvalue weighted by atomic mass is 19.1. The van der Waals surface area contributed by atoms with E-state index in [4.69, 9.17) is 4.74 Å². The van der Waals surface area contributed by atoms with E-state index in [2.05, 4.69) is 4.74 Å². The second-order valence-electron chi connectivity index (χ2n) is 4.54. The van der Waals surface area contributed by atoms with Crippen molar-refractivity contribution in [2.24, 2.45) is 0 Å². The second-order valence-corrected chi connectivity index (χ2v) is 4.54. The minimum Gasteiger partial charge on any atom is -0.463 e. The molecule has 0 N–H and O–H groups in total. The fourth-order valence-electron chi connectivity index (χ4n) is 1.24. The van der Waals surface area contributed by atoms with E-state index < -0.39 is 23.2 Å². The van der Waals surface area contributed by atoms with Gasteiger partial charge in [0.1, 0.15) is 5.60 Å². The van der Waals surface area contributed by atoms with Crippen molar-refractivity contribution in [1.82, 2.24) is 0 Å². The van der Waals surface area contributed by atoms with Crippen LogP contribution in [0.5, 0.6) is 0 Å². The molecule has 15 heavy (non-hydrogen) atoms. The van der Waals surface area contributed by atoms with Crippen molar-refractivity contribution in [2.75, 3.05) is 6.61 Å². The van der Waals surface area contributed by atoms with E-state index in [0.29, 0.717) is 6.42 Å². The van der Waals surface area contributed by atoms with Gasteiger partial charge in [0, 0.05) is 6.42 Å². The molecule has 0 radical (unpaired) electrons. The van der Waals surface area contributed by atoms with Gasteiger partial charge in [-0.3, -0.25) is 0 Å². The van der Waals surface area contributed by atoms with Gasteiger partial charge in [0.15, 0.2) is 0 Å². The standard InChI is InChI=1S/C10H15FO4/c1-9(2,3)15-8(13)10(11)5-4-6-14-7(10)12/h4-6H2,1-3H3. The third-order valence-electron chi connectivity index (χ3n) is 1.94. The van der Waals surface area contributed by atoms with Crippen molar-refractivity contribution in [1.29, 1.82) is 0 Å². The lowest BCUT2D eigenvalue weighted by Gasteiger charge is -2.29. The SMILES string of the molecule is CC(C)(C)OC(=O)C1(F)CCCOC1=O. The molecule has 1 fully saturated rings. The average molecular weight is 218 g/mol. The van der Waals surface area contributed by atoms with Crippen LogP contribution in [0.25, 0.3) is 0 Å². The second kappa shape index (κ2) is 3.79. The quantitative estimate of drug-likeness (QED) is 0.492. The first-order valence-corrected chi connectivity index (χ1v) is 4.85. The summed E-state index contributed by atoms with van der Waals surface area (Å²) < 4.78 is 23.3. The highest BCUT2D eigenvalue weighted by molar-refractivity contribution is 6.03. The summed E-state index contributed by atoms with van der Waals surface area (Å²) in [7, 11) is 0. The van der Waals surface area contributed by atoms with Crippen molar-refractivity contribution >= 4 is 11.9 Å². The molecule has 86 valence electrons. The Morgan fingerprint density at radius 2 is 2.13 bits per heavy atom. The van der Waals surface area contributed by atoms with Crippen LogP contribution in [0.1, 0.15) is 33.6 Å². The predicted molar refractivity (Wildman–Crippen MR) is 49.9 cm³/mol. The highest BCUT2D eigenvalue weighted by Gasteiger charge is 2.52. The number of halogens is 1. The van der Waals surface area contributed by atoms with Crippen LogP contribution in [0, 0.1) is 0 Å². The summed E-state index contributed by atoms with van der Waals surface area (Å²) in [5, 5.41) is 0.